The molecule has 4 nitrogen and oxygen atoms in total. The molecule has 1 aliphatic carbocycles. The second kappa shape index (κ2) is 9.15. The second-order valence-electron chi connectivity index (χ2n) is 8.10. The largest absolute Gasteiger partial charge is 0.347 e. The molecule has 0 radical (unpaired) electrons. The summed E-state index contributed by atoms with van der Waals surface area (Å²) in [5.41, 5.74) is 3.35. The van der Waals surface area contributed by atoms with Crippen LogP contribution in [0.3, 0.4) is 0 Å². The third kappa shape index (κ3) is 4.77. The van der Waals surface area contributed by atoms with Crippen LogP contribution >= 0.6 is 11.6 Å². The summed E-state index contributed by atoms with van der Waals surface area (Å²) in [6.07, 6.45) is 5.46. The molecule has 1 amide bonds. The summed E-state index contributed by atoms with van der Waals surface area (Å²) in [6, 6.07) is 16.1. The number of hydrogen-bond donors (Lipinski definition) is 1. The Morgan fingerprint density at radius 3 is 2.42 bits per heavy atom. The maximum atomic E-state index is 13.3. The molecule has 0 saturated heterocycles. The van der Waals surface area contributed by atoms with Crippen LogP contribution in [-0.2, 0) is 10.3 Å². The summed E-state index contributed by atoms with van der Waals surface area (Å²) in [5, 5.41) is 3.97. The van der Waals surface area contributed by atoms with E-state index in [2.05, 4.69) is 15.3 Å². The first-order valence-corrected chi connectivity index (χ1v) is 11.0. The Morgan fingerprint density at radius 1 is 1.10 bits per heavy atom. The van der Waals surface area contributed by atoms with Crippen molar-refractivity contribution in [2.24, 2.45) is 0 Å². The van der Waals surface area contributed by atoms with Gasteiger partial charge in [0, 0.05) is 28.6 Å². The fourth-order valence-electron chi connectivity index (χ4n) is 4.39. The van der Waals surface area contributed by atoms with Crippen LogP contribution in [0.4, 0.5) is 4.39 Å². The number of carbonyl (C=O) groups is 1. The second-order valence-corrected chi connectivity index (χ2v) is 8.54. The molecule has 0 spiro atoms. The highest BCUT2D eigenvalue weighted by Crippen LogP contribution is 2.43. The van der Waals surface area contributed by atoms with Gasteiger partial charge in [0.05, 0.1) is 11.2 Å². The van der Waals surface area contributed by atoms with E-state index >= 15 is 0 Å². The minimum atomic E-state index is -0.388. The topological polar surface area (TPSA) is 54.9 Å². The fraction of sp³-hybridized carbons (Fsp3) is 0.320. The molecule has 1 heterocycles. The van der Waals surface area contributed by atoms with E-state index in [0.717, 1.165) is 48.2 Å². The van der Waals surface area contributed by atoms with Crippen LogP contribution in [0.1, 0.15) is 56.2 Å². The lowest BCUT2D eigenvalue weighted by molar-refractivity contribution is -0.123. The molecule has 3 aromatic rings. The van der Waals surface area contributed by atoms with Crippen LogP contribution in [0.5, 0.6) is 0 Å². The van der Waals surface area contributed by atoms with Crippen LogP contribution in [0.15, 0.2) is 60.9 Å². The number of benzene rings is 2. The van der Waals surface area contributed by atoms with Gasteiger partial charge >= 0.3 is 0 Å². The number of carbonyl (C=O) groups excluding carboxylic acids is 1. The monoisotopic (exact) mass is 437 g/mol. The lowest BCUT2D eigenvalue weighted by Crippen LogP contribution is -2.47. The zero-order valence-electron chi connectivity index (χ0n) is 17.4. The quantitative estimate of drug-likeness (QED) is 0.531. The molecule has 1 aromatic heterocycles. The summed E-state index contributed by atoms with van der Waals surface area (Å²) < 4.78 is 13.3. The highest BCUT2D eigenvalue weighted by atomic mass is 35.5. The van der Waals surface area contributed by atoms with Gasteiger partial charge in [-0.15, -0.1) is 0 Å². The third-order valence-corrected chi connectivity index (χ3v) is 6.43. The normalized spacial score (nSPS) is 20.9. The first-order chi connectivity index (χ1) is 15.0. The minimum Gasteiger partial charge on any atom is -0.347 e. The Bertz CT molecular complexity index is 1050. The van der Waals surface area contributed by atoms with Crippen molar-refractivity contribution in [1.29, 1.82) is 0 Å². The van der Waals surface area contributed by atoms with Crippen LogP contribution in [0, 0.1) is 5.82 Å². The van der Waals surface area contributed by atoms with Crippen molar-refractivity contribution in [2.45, 2.75) is 50.5 Å². The van der Waals surface area contributed by atoms with E-state index in [9.17, 15) is 9.18 Å². The summed E-state index contributed by atoms with van der Waals surface area (Å²) in [5.74, 6) is 0.0631. The number of nitrogens with one attached hydrogen (secondary N) is 1. The fourth-order valence-corrected chi connectivity index (χ4v) is 4.52. The van der Waals surface area contributed by atoms with Crippen molar-refractivity contribution in [3.63, 3.8) is 0 Å². The van der Waals surface area contributed by atoms with Crippen LogP contribution < -0.4 is 5.32 Å². The average molecular weight is 438 g/mol. The molecule has 2 aromatic carbocycles. The molecule has 4 rings (SSSR count). The lowest BCUT2D eigenvalue weighted by atomic mass is 9.71. The van der Waals surface area contributed by atoms with E-state index in [1.165, 1.54) is 12.1 Å². The molecule has 6 heteroatoms. The Hall–Kier alpha value is -2.79. The number of amides is 1. The number of halogens is 2. The van der Waals surface area contributed by atoms with Crippen LogP contribution in [0.25, 0.3) is 11.3 Å². The number of nitrogens with zero attached hydrogens (tertiary/aromatic N) is 2. The molecular weight excluding hydrogens is 413 g/mol. The van der Waals surface area contributed by atoms with Crippen molar-refractivity contribution in [1.82, 2.24) is 15.3 Å². The van der Waals surface area contributed by atoms with Crippen molar-refractivity contribution >= 4 is 17.5 Å². The predicted molar refractivity (Wildman–Crippen MR) is 120 cm³/mol. The van der Waals surface area contributed by atoms with E-state index in [-0.39, 0.29) is 23.2 Å². The summed E-state index contributed by atoms with van der Waals surface area (Å²) in [7, 11) is 0. The molecular formula is C25H25ClFN3O. The maximum absolute atomic E-state index is 13.3. The maximum Gasteiger partial charge on any atom is 0.220 e. The Balaban J connectivity index is 1.55. The van der Waals surface area contributed by atoms with Gasteiger partial charge in [-0.2, -0.15) is 0 Å². The van der Waals surface area contributed by atoms with Crippen molar-refractivity contribution < 1.29 is 9.18 Å². The van der Waals surface area contributed by atoms with Crippen molar-refractivity contribution in [3.8, 4) is 11.3 Å². The lowest BCUT2D eigenvalue weighted by Gasteiger charge is -2.41. The van der Waals surface area contributed by atoms with Gasteiger partial charge in [-0.3, -0.25) is 4.79 Å². The molecule has 31 heavy (non-hydrogen) atoms. The number of aromatic nitrogens is 2. The molecule has 1 N–H and O–H groups in total. The first-order valence-electron chi connectivity index (χ1n) is 10.6. The van der Waals surface area contributed by atoms with Gasteiger partial charge in [-0.05, 0) is 73.7 Å². The van der Waals surface area contributed by atoms with E-state index in [4.69, 9.17) is 11.6 Å². The Labute approximate surface area is 186 Å². The highest BCUT2D eigenvalue weighted by Gasteiger charge is 2.38. The van der Waals surface area contributed by atoms with Gasteiger partial charge in [-0.25, -0.2) is 14.4 Å². The zero-order chi connectivity index (χ0) is 21.8. The molecule has 0 atom stereocenters. The standard InChI is InChI=1S/C25H25ClFN3O/c1-2-24(31)30-25(19-5-7-20(26)8-6-19)13-11-18(12-14-25)23-15-22(28-16-29-23)17-3-9-21(27)10-4-17/h3-10,15-16,18H,2,11-14H2,1H3,(H,30,31). The van der Waals surface area contributed by atoms with Gasteiger partial charge in [0.25, 0.3) is 0 Å². The van der Waals surface area contributed by atoms with Crippen LogP contribution in [0.2, 0.25) is 5.02 Å². The molecule has 0 bridgehead atoms. The summed E-state index contributed by atoms with van der Waals surface area (Å²) in [6.45, 7) is 1.87. The van der Waals surface area contributed by atoms with Gasteiger partial charge in [0.2, 0.25) is 5.91 Å². The van der Waals surface area contributed by atoms with E-state index in [1.54, 1.807) is 18.5 Å². The first kappa shape index (κ1) is 21.4. The van der Waals surface area contributed by atoms with Crippen molar-refractivity contribution in [3.05, 3.63) is 83.0 Å². The summed E-state index contributed by atoms with van der Waals surface area (Å²) in [4.78, 5) is 21.2. The smallest absolute Gasteiger partial charge is 0.220 e. The van der Waals surface area contributed by atoms with Gasteiger partial charge in [0.15, 0.2) is 0 Å². The number of hydrogen-bond acceptors (Lipinski definition) is 3. The third-order valence-electron chi connectivity index (χ3n) is 6.18. The SMILES string of the molecule is CCC(=O)NC1(c2ccc(Cl)cc2)CCC(c2cc(-c3ccc(F)cc3)ncn2)CC1. The van der Waals surface area contributed by atoms with Gasteiger partial charge < -0.3 is 5.32 Å². The molecule has 1 saturated carbocycles. The Morgan fingerprint density at radius 2 is 1.77 bits per heavy atom. The van der Waals surface area contributed by atoms with Gasteiger partial charge in [0.1, 0.15) is 12.1 Å². The molecule has 160 valence electrons. The molecule has 1 aliphatic rings. The molecule has 0 unspecified atom stereocenters. The molecule has 1 fully saturated rings. The number of rotatable bonds is 5. The summed E-state index contributed by atoms with van der Waals surface area (Å²) >= 11 is 6.08. The van der Waals surface area contributed by atoms with E-state index < -0.39 is 0 Å². The van der Waals surface area contributed by atoms with Crippen LogP contribution in [-0.4, -0.2) is 15.9 Å². The highest BCUT2D eigenvalue weighted by molar-refractivity contribution is 6.30. The van der Waals surface area contributed by atoms with Gasteiger partial charge in [-0.1, -0.05) is 30.7 Å². The van der Waals surface area contributed by atoms with Crippen molar-refractivity contribution in [2.75, 3.05) is 0 Å². The molecule has 0 aliphatic heterocycles. The average Bonchev–Trinajstić information content (AvgIpc) is 2.80. The Kier molecular flexibility index (Phi) is 6.33. The zero-order valence-corrected chi connectivity index (χ0v) is 18.2. The predicted octanol–water partition coefficient (Wildman–Crippen LogP) is 6.02. The van der Waals surface area contributed by atoms with E-state index in [1.807, 2.05) is 37.3 Å². The van der Waals surface area contributed by atoms with E-state index in [0.29, 0.717) is 11.4 Å². The minimum absolute atomic E-state index is 0.0500.